The van der Waals surface area contributed by atoms with Gasteiger partial charge in [-0.15, -0.1) is 0 Å². The van der Waals surface area contributed by atoms with E-state index < -0.39 is 23.3 Å². The number of unbranched alkanes of at least 4 members (excludes halogenated alkanes) is 1. The van der Waals surface area contributed by atoms with Crippen molar-refractivity contribution in [3.05, 3.63) is 0 Å². The van der Waals surface area contributed by atoms with E-state index in [9.17, 15) is 18.4 Å². The Morgan fingerprint density at radius 2 is 1.71 bits per heavy atom. The third kappa shape index (κ3) is 3.65. The molecular formula is C20H28F2O6. The molecule has 4 saturated carbocycles. The number of ether oxygens (including phenoxy) is 4. The van der Waals surface area contributed by atoms with E-state index in [1.54, 1.807) is 0 Å². The van der Waals surface area contributed by atoms with Crippen LogP contribution in [0.5, 0.6) is 0 Å². The third-order valence-electron chi connectivity index (χ3n) is 6.71. The fraction of sp³-hybridized carbons (Fsp3) is 0.900. The molecule has 1 saturated heterocycles. The van der Waals surface area contributed by atoms with E-state index in [2.05, 4.69) is 4.74 Å². The van der Waals surface area contributed by atoms with E-state index in [1.807, 2.05) is 0 Å². The van der Waals surface area contributed by atoms with E-state index in [-0.39, 0.29) is 30.8 Å². The van der Waals surface area contributed by atoms with Crippen LogP contribution in [0.15, 0.2) is 0 Å². The van der Waals surface area contributed by atoms with Gasteiger partial charge in [0.05, 0.1) is 19.8 Å². The molecule has 5 aliphatic rings. The third-order valence-corrected chi connectivity index (χ3v) is 6.71. The Labute approximate surface area is 163 Å². The molecule has 1 heterocycles. The summed E-state index contributed by atoms with van der Waals surface area (Å²) in [7, 11) is 0. The van der Waals surface area contributed by atoms with Crippen LogP contribution in [0.4, 0.5) is 8.78 Å². The highest BCUT2D eigenvalue weighted by Crippen LogP contribution is 2.63. The van der Waals surface area contributed by atoms with Gasteiger partial charge < -0.3 is 18.9 Å². The zero-order valence-corrected chi connectivity index (χ0v) is 16.2. The lowest BCUT2D eigenvalue weighted by molar-refractivity contribution is -0.314. The predicted octanol–water partition coefficient (Wildman–Crippen LogP) is 3.22. The zero-order chi connectivity index (χ0) is 20.0. The monoisotopic (exact) mass is 402 g/mol. The first-order valence-corrected chi connectivity index (χ1v) is 10.3. The van der Waals surface area contributed by atoms with Crippen LogP contribution in [-0.2, 0) is 28.5 Å². The van der Waals surface area contributed by atoms with Crippen molar-refractivity contribution >= 4 is 11.9 Å². The maximum absolute atomic E-state index is 12.7. The summed E-state index contributed by atoms with van der Waals surface area (Å²) in [4.78, 5) is 23.4. The molecule has 1 spiro atoms. The zero-order valence-electron chi connectivity index (χ0n) is 16.2. The second kappa shape index (κ2) is 7.20. The Bertz CT molecular complexity index is 607. The molecule has 2 atom stereocenters. The Morgan fingerprint density at radius 3 is 2.32 bits per heavy atom. The number of hydrogen-bond acceptors (Lipinski definition) is 6. The lowest BCUT2D eigenvalue weighted by Crippen LogP contribution is -2.65. The molecule has 0 radical (unpaired) electrons. The van der Waals surface area contributed by atoms with Crippen molar-refractivity contribution < 1.29 is 37.3 Å². The largest absolute Gasteiger partial charge is 0.461 e. The maximum atomic E-state index is 12.7. The van der Waals surface area contributed by atoms with Crippen molar-refractivity contribution in [2.45, 2.75) is 75.6 Å². The van der Waals surface area contributed by atoms with Gasteiger partial charge >= 0.3 is 17.9 Å². The molecule has 0 aromatic carbocycles. The van der Waals surface area contributed by atoms with Crippen molar-refractivity contribution in [1.82, 2.24) is 0 Å². The van der Waals surface area contributed by atoms with Gasteiger partial charge in [0.25, 0.3) is 0 Å². The number of halogens is 2. The van der Waals surface area contributed by atoms with Crippen LogP contribution in [0.1, 0.15) is 58.3 Å². The van der Waals surface area contributed by atoms with Crippen LogP contribution in [0.3, 0.4) is 0 Å². The van der Waals surface area contributed by atoms with Crippen molar-refractivity contribution in [3.63, 3.8) is 0 Å². The normalized spacial score (nSPS) is 35.3. The molecule has 0 aromatic rings. The fourth-order valence-electron chi connectivity index (χ4n) is 5.85. The molecule has 6 nitrogen and oxygen atoms in total. The Morgan fingerprint density at radius 1 is 1.07 bits per heavy atom. The highest BCUT2D eigenvalue weighted by molar-refractivity contribution is 5.76. The number of rotatable bonds is 7. The molecule has 2 unspecified atom stereocenters. The van der Waals surface area contributed by atoms with Gasteiger partial charge in [0.15, 0.2) is 5.79 Å². The predicted molar refractivity (Wildman–Crippen MR) is 92.4 cm³/mol. The molecule has 0 aromatic heterocycles. The molecule has 5 fully saturated rings. The number of carbonyl (C=O) groups is 2. The summed E-state index contributed by atoms with van der Waals surface area (Å²) >= 11 is 0. The summed E-state index contributed by atoms with van der Waals surface area (Å²) in [6.07, 6.45) is 5.60. The van der Waals surface area contributed by atoms with Crippen LogP contribution in [-0.4, -0.2) is 49.1 Å². The molecule has 8 heteroatoms. The molecule has 1 aliphatic heterocycles. The molecule has 28 heavy (non-hydrogen) atoms. The minimum Gasteiger partial charge on any atom is -0.461 e. The van der Waals surface area contributed by atoms with Gasteiger partial charge in [-0.3, -0.25) is 4.79 Å². The standard InChI is InChI=1S/C20H28F2O6/c1-18(21,22)17(24)25-5-3-2-4-16(23)28-19-10-13-8-14(11-19)20(15(9-13)12-19)26-6-7-27-20/h13-15H,2-12H2,1H3. The maximum Gasteiger partial charge on any atom is 0.376 e. The number of carbonyl (C=O) groups excluding carboxylic acids is 2. The SMILES string of the molecule is CC(F)(F)C(=O)OCCCCC(=O)OC12CC3CC(C1)C1(OCCO1)C(C3)C2. The lowest BCUT2D eigenvalue weighted by Gasteiger charge is -2.62. The Hall–Kier alpha value is -1.28. The second-order valence-corrected chi connectivity index (χ2v) is 8.90. The average Bonchev–Trinajstić information content (AvgIpc) is 3.08. The Balaban J connectivity index is 1.24. The number of hydrogen-bond donors (Lipinski definition) is 0. The summed E-state index contributed by atoms with van der Waals surface area (Å²) in [6, 6.07) is 0. The summed E-state index contributed by atoms with van der Waals surface area (Å²) in [5.41, 5.74) is -0.412. The molecule has 4 aliphatic carbocycles. The van der Waals surface area contributed by atoms with E-state index in [4.69, 9.17) is 14.2 Å². The van der Waals surface area contributed by atoms with Crippen LogP contribution in [0.25, 0.3) is 0 Å². The first-order chi connectivity index (χ1) is 13.2. The summed E-state index contributed by atoms with van der Waals surface area (Å²) in [5, 5.41) is 0. The molecule has 158 valence electrons. The van der Waals surface area contributed by atoms with Gasteiger partial charge in [0, 0.05) is 25.2 Å². The second-order valence-electron chi connectivity index (χ2n) is 8.90. The smallest absolute Gasteiger partial charge is 0.376 e. The van der Waals surface area contributed by atoms with Crippen LogP contribution in [0.2, 0.25) is 0 Å². The van der Waals surface area contributed by atoms with Crippen molar-refractivity contribution in [3.8, 4) is 0 Å². The van der Waals surface area contributed by atoms with Gasteiger partial charge in [-0.05, 0) is 50.9 Å². The number of alkyl halides is 2. The van der Waals surface area contributed by atoms with Crippen molar-refractivity contribution in [1.29, 1.82) is 0 Å². The summed E-state index contributed by atoms with van der Waals surface area (Å²) < 4.78 is 48.0. The average molecular weight is 402 g/mol. The topological polar surface area (TPSA) is 71.1 Å². The van der Waals surface area contributed by atoms with Gasteiger partial charge in [-0.1, -0.05) is 0 Å². The van der Waals surface area contributed by atoms with Gasteiger partial charge in [0.2, 0.25) is 0 Å². The summed E-state index contributed by atoms with van der Waals surface area (Å²) in [6.45, 7) is 1.66. The van der Waals surface area contributed by atoms with E-state index in [0.29, 0.717) is 38.9 Å². The van der Waals surface area contributed by atoms with Crippen LogP contribution < -0.4 is 0 Å². The molecule has 4 bridgehead atoms. The first-order valence-electron chi connectivity index (χ1n) is 10.3. The van der Waals surface area contributed by atoms with Crippen LogP contribution >= 0.6 is 0 Å². The molecule has 0 amide bonds. The van der Waals surface area contributed by atoms with Gasteiger partial charge in [-0.2, -0.15) is 8.78 Å². The lowest BCUT2D eigenvalue weighted by atomic mass is 9.51. The van der Waals surface area contributed by atoms with Gasteiger partial charge in [-0.25, -0.2) is 4.79 Å². The van der Waals surface area contributed by atoms with E-state index in [0.717, 1.165) is 32.1 Å². The fourth-order valence-corrected chi connectivity index (χ4v) is 5.85. The van der Waals surface area contributed by atoms with E-state index in [1.165, 1.54) is 0 Å². The Kier molecular flexibility index (Phi) is 5.15. The van der Waals surface area contributed by atoms with Crippen LogP contribution in [0, 0.1) is 17.8 Å². The highest BCUT2D eigenvalue weighted by Gasteiger charge is 2.66. The van der Waals surface area contributed by atoms with E-state index >= 15 is 0 Å². The highest BCUT2D eigenvalue weighted by atomic mass is 19.3. The quantitative estimate of drug-likeness (QED) is 0.481. The molecular weight excluding hydrogens is 374 g/mol. The van der Waals surface area contributed by atoms with Gasteiger partial charge in [0.1, 0.15) is 5.60 Å². The van der Waals surface area contributed by atoms with Crippen molar-refractivity contribution in [2.75, 3.05) is 19.8 Å². The number of esters is 2. The minimum atomic E-state index is -3.48. The first kappa shape index (κ1) is 20.0. The van der Waals surface area contributed by atoms with Crippen molar-refractivity contribution in [2.24, 2.45) is 17.8 Å². The summed E-state index contributed by atoms with van der Waals surface area (Å²) in [5.74, 6) is -4.63. The molecule has 5 rings (SSSR count). The molecule has 0 N–H and O–H groups in total. The minimum absolute atomic E-state index is 0.121.